The molecule has 0 unspecified atom stereocenters. The van der Waals surface area contributed by atoms with Crippen LogP contribution in [0.15, 0.2) is 58.3 Å². The number of anilines is 1. The van der Waals surface area contributed by atoms with Gasteiger partial charge in [-0.2, -0.15) is 0 Å². The number of nitrogens with one attached hydrogen (secondary N) is 1. The first-order valence-corrected chi connectivity index (χ1v) is 7.27. The van der Waals surface area contributed by atoms with E-state index in [0.29, 0.717) is 16.6 Å². The quantitative estimate of drug-likeness (QED) is 0.778. The number of carbonyl (C=O) groups excluding carboxylic acids is 1. The zero-order chi connectivity index (χ0) is 15.5. The molecule has 1 aromatic carbocycles. The lowest BCUT2D eigenvalue weighted by Crippen LogP contribution is -2.27. The highest BCUT2D eigenvalue weighted by Gasteiger charge is 2.08. The Morgan fingerprint density at radius 1 is 1.23 bits per heavy atom. The third kappa shape index (κ3) is 3.04. The molecule has 0 atom stereocenters. The Labute approximate surface area is 134 Å². The summed E-state index contributed by atoms with van der Waals surface area (Å²) in [4.78, 5) is 32.5. The minimum Gasteiger partial charge on any atom is -0.324 e. The van der Waals surface area contributed by atoms with E-state index in [-0.39, 0.29) is 18.0 Å². The van der Waals surface area contributed by atoms with Gasteiger partial charge in [-0.3, -0.25) is 19.1 Å². The van der Waals surface area contributed by atoms with Crippen molar-refractivity contribution < 1.29 is 4.79 Å². The number of nitrogens with zero attached hydrogens (tertiary/aromatic N) is 3. The van der Waals surface area contributed by atoms with Crippen molar-refractivity contribution in [2.24, 2.45) is 0 Å². The number of pyridine rings is 1. The van der Waals surface area contributed by atoms with Gasteiger partial charge < -0.3 is 5.32 Å². The first-order chi connectivity index (χ1) is 10.6. The van der Waals surface area contributed by atoms with Crippen LogP contribution in [0.5, 0.6) is 0 Å². The molecule has 0 saturated heterocycles. The molecule has 3 aromatic rings. The Balaban J connectivity index is 1.86. The van der Waals surface area contributed by atoms with Crippen LogP contribution in [0.2, 0.25) is 0 Å². The summed E-state index contributed by atoms with van der Waals surface area (Å²) < 4.78 is 2.07. The van der Waals surface area contributed by atoms with Gasteiger partial charge in [0.2, 0.25) is 5.91 Å². The topological polar surface area (TPSA) is 76.9 Å². The van der Waals surface area contributed by atoms with Crippen molar-refractivity contribution in [3.63, 3.8) is 0 Å². The lowest BCUT2D eigenvalue weighted by molar-refractivity contribution is -0.116. The van der Waals surface area contributed by atoms with Crippen LogP contribution >= 0.6 is 15.9 Å². The average Bonchev–Trinajstić information content (AvgIpc) is 2.51. The Bertz CT molecular complexity index is 893. The standard InChI is InChI=1S/C15H11BrN4O2/c16-10-1-2-13-12(7-10)15(22)20(9-18-13)8-14(21)19-11-3-5-17-6-4-11/h1-7,9H,8H2,(H,17,19,21). The van der Waals surface area contributed by atoms with Gasteiger partial charge in [-0.15, -0.1) is 0 Å². The Morgan fingerprint density at radius 2 is 2.00 bits per heavy atom. The van der Waals surface area contributed by atoms with Crippen LogP contribution in [-0.2, 0) is 11.3 Å². The van der Waals surface area contributed by atoms with Gasteiger partial charge in [0.15, 0.2) is 0 Å². The monoisotopic (exact) mass is 358 g/mol. The molecule has 2 aromatic heterocycles. The minimum absolute atomic E-state index is 0.101. The molecule has 0 spiro atoms. The number of hydrogen-bond donors (Lipinski definition) is 1. The van der Waals surface area contributed by atoms with Gasteiger partial charge in [0.25, 0.3) is 5.56 Å². The first kappa shape index (κ1) is 14.4. The van der Waals surface area contributed by atoms with Crippen molar-refractivity contribution in [3.05, 3.63) is 63.9 Å². The highest BCUT2D eigenvalue weighted by Crippen LogP contribution is 2.14. The molecular formula is C15H11BrN4O2. The molecule has 0 radical (unpaired) electrons. The maximum Gasteiger partial charge on any atom is 0.261 e. The second kappa shape index (κ2) is 6.07. The van der Waals surface area contributed by atoms with E-state index in [9.17, 15) is 9.59 Å². The maximum absolute atomic E-state index is 12.4. The molecule has 0 saturated carbocycles. The summed E-state index contributed by atoms with van der Waals surface area (Å²) in [6.45, 7) is -0.101. The first-order valence-electron chi connectivity index (χ1n) is 6.48. The van der Waals surface area contributed by atoms with Gasteiger partial charge >= 0.3 is 0 Å². The lowest BCUT2D eigenvalue weighted by atomic mass is 10.2. The van der Waals surface area contributed by atoms with E-state index < -0.39 is 0 Å². The smallest absolute Gasteiger partial charge is 0.261 e. The number of fused-ring (bicyclic) bond motifs is 1. The van der Waals surface area contributed by atoms with Crippen molar-refractivity contribution in [3.8, 4) is 0 Å². The van der Waals surface area contributed by atoms with Crippen molar-refractivity contribution in [1.29, 1.82) is 0 Å². The summed E-state index contributed by atoms with van der Waals surface area (Å²) in [5.74, 6) is -0.301. The Hall–Kier alpha value is -2.54. The number of amides is 1. The Kier molecular flexibility index (Phi) is 3.97. The van der Waals surface area contributed by atoms with Gasteiger partial charge in [-0.25, -0.2) is 4.98 Å². The molecule has 0 aliphatic heterocycles. The molecule has 2 heterocycles. The zero-order valence-electron chi connectivity index (χ0n) is 11.4. The van der Waals surface area contributed by atoms with Crippen LogP contribution in [0.4, 0.5) is 5.69 Å². The molecule has 0 bridgehead atoms. The molecule has 0 aliphatic rings. The van der Waals surface area contributed by atoms with E-state index in [0.717, 1.165) is 4.47 Å². The molecule has 7 heteroatoms. The minimum atomic E-state index is -0.301. The van der Waals surface area contributed by atoms with E-state index in [1.165, 1.54) is 10.9 Å². The van der Waals surface area contributed by atoms with Crippen molar-refractivity contribution >= 4 is 38.4 Å². The van der Waals surface area contributed by atoms with Crippen LogP contribution in [-0.4, -0.2) is 20.4 Å². The highest BCUT2D eigenvalue weighted by molar-refractivity contribution is 9.10. The predicted octanol–water partition coefficient (Wildman–Crippen LogP) is 2.19. The second-order valence-electron chi connectivity index (χ2n) is 4.62. The number of rotatable bonds is 3. The molecule has 6 nitrogen and oxygen atoms in total. The van der Waals surface area contributed by atoms with Gasteiger partial charge in [0.1, 0.15) is 6.54 Å². The SMILES string of the molecule is O=C(Cn1cnc2ccc(Br)cc2c1=O)Nc1ccncc1. The number of halogens is 1. The van der Waals surface area contributed by atoms with Crippen molar-refractivity contribution in [2.75, 3.05) is 5.32 Å². The van der Waals surface area contributed by atoms with Crippen LogP contribution < -0.4 is 10.9 Å². The van der Waals surface area contributed by atoms with E-state index in [1.54, 1.807) is 36.7 Å². The van der Waals surface area contributed by atoms with Crippen molar-refractivity contribution in [1.82, 2.24) is 14.5 Å². The fraction of sp³-hybridized carbons (Fsp3) is 0.0667. The summed E-state index contributed by atoms with van der Waals surface area (Å²) in [5.41, 5.74) is 0.972. The summed E-state index contributed by atoms with van der Waals surface area (Å²) in [5, 5.41) is 3.17. The molecule has 0 aliphatic carbocycles. The fourth-order valence-corrected chi connectivity index (χ4v) is 2.40. The maximum atomic E-state index is 12.4. The van der Waals surface area contributed by atoms with Crippen LogP contribution in [0.25, 0.3) is 10.9 Å². The predicted molar refractivity (Wildman–Crippen MR) is 86.6 cm³/mol. The van der Waals surface area contributed by atoms with Gasteiger partial charge in [-0.1, -0.05) is 15.9 Å². The van der Waals surface area contributed by atoms with Crippen LogP contribution in [0.1, 0.15) is 0 Å². The third-order valence-corrected chi connectivity index (χ3v) is 3.56. The molecule has 110 valence electrons. The normalized spacial score (nSPS) is 10.6. The summed E-state index contributed by atoms with van der Waals surface area (Å²) in [6.07, 6.45) is 4.54. The van der Waals surface area contributed by atoms with Gasteiger partial charge in [-0.05, 0) is 30.3 Å². The van der Waals surface area contributed by atoms with Crippen LogP contribution in [0, 0.1) is 0 Å². The van der Waals surface area contributed by atoms with Gasteiger partial charge in [0, 0.05) is 22.6 Å². The molecule has 22 heavy (non-hydrogen) atoms. The third-order valence-electron chi connectivity index (χ3n) is 3.06. The number of benzene rings is 1. The molecular weight excluding hydrogens is 348 g/mol. The van der Waals surface area contributed by atoms with Crippen molar-refractivity contribution in [2.45, 2.75) is 6.54 Å². The lowest BCUT2D eigenvalue weighted by Gasteiger charge is -2.08. The summed E-state index contributed by atoms with van der Waals surface area (Å²) in [7, 11) is 0. The summed E-state index contributed by atoms with van der Waals surface area (Å²) >= 11 is 3.33. The van der Waals surface area contributed by atoms with E-state index in [1.807, 2.05) is 6.07 Å². The largest absolute Gasteiger partial charge is 0.324 e. The van der Waals surface area contributed by atoms with Crippen LogP contribution in [0.3, 0.4) is 0 Å². The number of aromatic nitrogens is 3. The molecule has 1 N–H and O–H groups in total. The van der Waals surface area contributed by atoms with Gasteiger partial charge in [0.05, 0.1) is 17.2 Å². The number of carbonyl (C=O) groups is 1. The van der Waals surface area contributed by atoms with E-state index in [4.69, 9.17) is 0 Å². The molecule has 3 rings (SSSR count). The Morgan fingerprint density at radius 3 is 2.77 bits per heavy atom. The number of hydrogen-bond acceptors (Lipinski definition) is 4. The molecule has 0 fully saturated rings. The van der Waals surface area contributed by atoms with E-state index >= 15 is 0 Å². The summed E-state index contributed by atoms with van der Waals surface area (Å²) in [6, 6.07) is 8.62. The highest BCUT2D eigenvalue weighted by atomic mass is 79.9. The van der Waals surface area contributed by atoms with E-state index in [2.05, 4.69) is 31.2 Å². The average molecular weight is 359 g/mol. The zero-order valence-corrected chi connectivity index (χ0v) is 12.9. The fourth-order valence-electron chi connectivity index (χ4n) is 2.03. The second-order valence-corrected chi connectivity index (χ2v) is 5.54. The molecule has 1 amide bonds.